The van der Waals surface area contributed by atoms with Crippen molar-refractivity contribution in [1.82, 2.24) is 28.6 Å². The molecule has 2 fully saturated rings. The van der Waals surface area contributed by atoms with Crippen LogP contribution in [0, 0.1) is 5.41 Å². The lowest BCUT2D eigenvalue weighted by Gasteiger charge is -2.24. The standard InChI is InChI=1S/C27H27F5N6O/c1-25(29,22(28)23-34-33-16-35(23)2)18-4-3-5-19(11-18)37-14-21-20(27(30,31)32)10-17(13-38(21)24(37)39)12-36-9-8-26(15-36)6-7-26/h3-5,10-11,13-14,16,22H,6-9,12,15H2,1-2H3/t22-,25+/m0/s1. The molecule has 1 saturated heterocycles. The number of fused-ring (bicyclic) bond motifs is 1. The number of pyridine rings is 1. The smallest absolute Gasteiger partial charge is 0.318 e. The number of halogens is 5. The summed E-state index contributed by atoms with van der Waals surface area (Å²) >= 11 is 0. The van der Waals surface area contributed by atoms with Gasteiger partial charge in [-0.3, -0.25) is 13.9 Å². The van der Waals surface area contributed by atoms with E-state index in [-0.39, 0.29) is 22.6 Å². The van der Waals surface area contributed by atoms with E-state index in [4.69, 9.17) is 0 Å². The first kappa shape index (κ1) is 25.7. The minimum absolute atomic E-state index is 0.0996. The summed E-state index contributed by atoms with van der Waals surface area (Å²) in [4.78, 5) is 15.5. The molecule has 4 aromatic rings. The minimum Gasteiger partial charge on any atom is -0.318 e. The van der Waals surface area contributed by atoms with Gasteiger partial charge in [-0.15, -0.1) is 10.2 Å². The zero-order valence-corrected chi connectivity index (χ0v) is 21.4. The van der Waals surface area contributed by atoms with E-state index in [9.17, 15) is 18.0 Å². The minimum atomic E-state index is -4.69. The zero-order chi connectivity index (χ0) is 27.7. The van der Waals surface area contributed by atoms with E-state index < -0.39 is 29.3 Å². The van der Waals surface area contributed by atoms with Crippen LogP contribution in [-0.4, -0.2) is 41.7 Å². The molecule has 2 atom stereocenters. The number of alkyl halides is 5. The third kappa shape index (κ3) is 4.44. The monoisotopic (exact) mass is 546 g/mol. The van der Waals surface area contributed by atoms with E-state index in [2.05, 4.69) is 15.1 Å². The van der Waals surface area contributed by atoms with Gasteiger partial charge in [-0.1, -0.05) is 12.1 Å². The molecule has 3 aromatic heterocycles. The molecule has 4 heterocycles. The van der Waals surface area contributed by atoms with E-state index in [1.165, 1.54) is 48.4 Å². The third-order valence-corrected chi connectivity index (χ3v) is 8.15. The highest BCUT2D eigenvalue weighted by Crippen LogP contribution is 2.52. The fourth-order valence-corrected chi connectivity index (χ4v) is 5.62. The lowest BCUT2D eigenvalue weighted by molar-refractivity contribution is -0.136. The van der Waals surface area contributed by atoms with Gasteiger partial charge in [-0.2, -0.15) is 13.2 Å². The van der Waals surface area contributed by atoms with Crippen LogP contribution in [0.4, 0.5) is 22.0 Å². The summed E-state index contributed by atoms with van der Waals surface area (Å²) in [6.07, 6.45) is 0.252. The molecule has 1 spiro atoms. The molecule has 0 radical (unpaired) electrons. The molecule has 0 amide bonds. The molecule has 7 nitrogen and oxygen atoms in total. The van der Waals surface area contributed by atoms with Crippen molar-refractivity contribution in [3.63, 3.8) is 0 Å². The molecule has 6 rings (SSSR count). The van der Waals surface area contributed by atoms with E-state index in [0.29, 0.717) is 17.5 Å². The summed E-state index contributed by atoms with van der Waals surface area (Å²) in [6, 6.07) is 6.61. The number of aromatic nitrogens is 5. The van der Waals surface area contributed by atoms with Crippen molar-refractivity contribution < 1.29 is 22.0 Å². The molecular formula is C27H27F5N6O. The van der Waals surface area contributed by atoms with Crippen LogP contribution in [0.1, 0.15) is 54.9 Å². The van der Waals surface area contributed by atoms with Crippen LogP contribution in [0.2, 0.25) is 0 Å². The highest BCUT2D eigenvalue weighted by molar-refractivity contribution is 5.58. The summed E-state index contributed by atoms with van der Waals surface area (Å²) in [5, 5.41) is 7.24. The molecule has 12 heteroatoms. The Morgan fingerprint density at radius 3 is 2.51 bits per heavy atom. The van der Waals surface area contributed by atoms with Gasteiger partial charge in [0.2, 0.25) is 0 Å². The summed E-state index contributed by atoms with van der Waals surface area (Å²) in [7, 11) is 1.49. The number of likely N-dealkylation sites (tertiary alicyclic amines) is 1. The van der Waals surface area contributed by atoms with Gasteiger partial charge in [-0.25, -0.2) is 13.6 Å². The Balaban J connectivity index is 1.39. The number of benzene rings is 1. The van der Waals surface area contributed by atoms with E-state index in [0.717, 1.165) is 60.5 Å². The van der Waals surface area contributed by atoms with Gasteiger partial charge in [0.05, 0.1) is 16.8 Å². The Labute approximate surface area is 220 Å². The number of imidazole rings is 1. The number of aryl methyl sites for hydroxylation is 1. The molecule has 0 unspecified atom stereocenters. The first-order valence-corrected chi connectivity index (χ1v) is 12.7. The topological polar surface area (TPSA) is 60.4 Å². The van der Waals surface area contributed by atoms with Crippen LogP contribution in [-0.2, 0) is 25.4 Å². The second-order valence-corrected chi connectivity index (χ2v) is 11.0. The van der Waals surface area contributed by atoms with E-state index in [1.54, 1.807) is 0 Å². The first-order valence-electron chi connectivity index (χ1n) is 12.7. The van der Waals surface area contributed by atoms with Gasteiger partial charge in [-0.05, 0) is 67.5 Å². The Kier molecular flexibility index (Phi) is 5.76. The van der Waals surface area contributed by atoms with Gasteiger partial charge in [0, 0.05) is 32.5 Å². The maximum absolute atomic E-state index is 15.8. The quantitative estimate of drug-likeness (QED) is 0.315. The Bertz CT molecular complexity index is 1610. The molecular weight excluding hydrogens is 519 g/mol. The molecule has 1 aromatic carbocycles. The molecule has 39 heavy (non-hydrogen) atoms. The van der Waals surface area contributed by atoms with Gasteiger partial charge in [0.25, 0.3) is 0 Å². The molecule has 0 bridgehead atoms. The highest BCUT2D eigenvalue weighted by atomic mass is 19.4. The number of hydrogen-bond acceptors (Lipinski definition) is 4. The van der Waals surface area contributed by atoms with Crippen LogP contribution >= 0.6 is 0 Å². The van der Waals surface area contributed by atoms with Crippen molar-refractivity contribution in [2.45, 2.75) is 50.7 Å². The molecule has 1 aliphatic carbocycles. The van der Waals surface area contributed by atoms with Crippen molar-refractivity contribution in [3.05, 3.63) is 82.1 Å². The summed E-state index contributed by atoms with van der Waals surface area (Å²) < 4.78 is 76.6. The summed E-state index contributed by atoms with van der Waals surface area (Å²) in [5.74, 6) is -0.217. The lowest BCUT2D eigenvalue weighted by atomic mass is 9.92. The van der Waals surface area contributed by atoms with Crippen molar-refractivity contribution in [2.75, 3.05) is 13.1 Å². The number of nitrogens with zero attached hydrogens (tertiary/aromatic N) is 6. The fraction of sp³-hybridized carbons (Fsp3) is 0.444. The lowest BCUT2D eigenvalue weighted by Crippen LogP contribution is -2.25. The maximum atomic E-state index is 15.8. The average Bonchev–Trinajstić information content (AvgIpc) is 3.16. The van der Waals surface area contributed by atoms with Crippen molar-refractivity contribution in [2.24, 2.45) is 12.5 Å². The molecule has 1 saturated carbocycles. The second-order valence-electron chi connectivity index (χ2n) is 11.0. The molecule has 2 aliphatic rings. The Morgan fingerprint density at radius 2 is 1.87 bits per heavy atom. The van der Waals surface area contributed by atoms with Gasteiger partial charge >= 0.3 is 11.9 Å². The predicted octanol–water partition coefficient (Wildman–Crippen LogP) is 5.12. The zero-order valence-electron chi connectivity index (χ0n) is 21.4. The fourth-order valence-electron chi connectivity index (χ4n) is 5.62. The van der Waals surface area contributed by atoms with Gasteiger partial charge < -0.3 is 4.57 Å². The van der Waals surface area contributed by atoms with E-state index >= 15 is 8.78 Å². The second kappa shape index (κ2) is 8.73. The van der Waals surface area contributed by atoms with Crippen molar-refractivity contribution in [3.8, 4) is 5.69 Å². The van der Waals surface area contributed by atoms with E-state index in [1.807, 2.05) is 0 Å². The molecule has 0 N–H and O–H groups in total. The predicted molar refractivity (Wildman–Crippen MR) is 133 cm³/mol. The average molecular weight is 547 g/mol. The SMILES string of the molecule is Cn1cnnc1[C@H](F)[C@](C)(F)c1cccc(-n2cc3c(C(F)(F)F)cc(CN4CCC5(CC5)C4)cn3c2=O)c1. The maximum Gasteiger partial charge on any atom is 0.418 e. The number of hydrogen-bond donors (Lipinski definition) is 0. The Hall–Kier alpha value is -3.54. The normalized spacial score (nSPS) is 19.6. The van der Waals surface area contributed by atoms with Crippen LogP contribution in [0.15, 0.2) is 53.8 Å². The third-order valence-electron chi connectivity index (χ3n) is 8.15. The molecule has 206 valence electrons. The summed E-state index contributed by atoms with van der Waals surface area (Å²) in [5.41, 5.74) is -3.81. The van der Waals surface area contributed by atoms with Crippen LogP contribution in [0.3, 0.4) is 0 Å². The largest absolute Gasteiger partial charge is 0.418 e. The summed E-state index contributed by atoms with van der Waals surface area (Å²) in [6.45, 7) is 3.02. The highest BCUT2D eigenvalue weighted by Gasteiger charge is 2.47. The van der Waals surface area contributed by atoms with Crippen LogP contribution in [0.5, 0.6) is 0 Å². The van der Waals surface area contributed by atoms with Crippen molar-refractivity contribution in [1.29, 1.82) is 0 Å². The first-order chi connectivity index (χ1) is 18.4. The molecule has 1 aliphatic heterocycles. The van der Waals surface area contributed by atoms with Gasteiger partial charge in [0.15, 0.2) is 17.7 Å². The van der Waals surface area contributed by atoms with Crippen LogP contribution < -0.4 is 5.69 Å². The van der Waals surface area contributed by atoms with Crippen molar-refractivity contribution >= 4 is 5.52 Å². The number of rotatable bonds is 6. The van der Waals surface area contributed by atoms with Crippen LogP contribution in [0.25, 0.3) is 11.2 Å². The Morgan fingerprint density at radius 1 is 1.10 bits per heavy atom. The van der Waals surface area contributed by atoms with Gasteiger partial charge in [0.1, 0.15) is 6.33 Å².